The number of urea groups is 1. The van der Waals surface area contributed by atoms with E-state index in [0.29, 0.717) is 19.6 Å². The lowest BCUT2D eigenvalue weighted by Gasteiger charge is -2.21. The SMILES string of the molecule is CCCCN1CCN(CCNCC(=O)N2CCCC2C#N)C1=O.O=C(O)C(=O)O. The first-order chi connectivity index (χ1) is 13.8. The number of carbonyl (C=O) groups excluding carboxylic acids is 2. The molecule has 3 N–H and O–H groups in total. The summed E-state index contributed by atoms with van der Waals surface area (Å²) >= 11 is 0. The molecule has 2 aliphatic rings. The molecule has 2 saturated heterocycles. The summed E-state index contributed by atoms with van der Waals surface area (Å²) in [5.74, 6) is -3.67. The molecule has 0 bridgehead atoms. The Kier molecular flexibility index (Phi) is 10.5. The molecule has 2 rings (SSSR count). The van der Waals surface area contributed by atoms with Gasteiger partial charge in [-0.3, -0.25) is 4.79 Å². The number of hydrogen-bond donors (Lipinski definition) is 3. The van der Waals surface area contributed by atoms with E-state index >= 15 is 0 Å². The normalized spacial score (nSPS) is 18.3. The second-order valence-corrected chi connectivity index (χ2v) is 6.77. The lowest BCUT2D eigenvalue weighted by atomic mass is 10.2. The maximum atomic E-state index is 12.1. The third-order valence-corrected chi connectivity index (χ3v) is 4.70. The average molecular weight is 411 g/mol. The van der Waals surface area contributed by atoms with E-state index in [-0.39, 0.29) is 24.5 Å². The minimum absolute atomic E-state index is 0.0219. The van der Waals surface area contributed by atoms with Gasteiger partial charge in [-0.15, -0.1) is 0 Å². The number of hydrogen-bond acceptors (Lipinski definition) is 6. The Balaban J connectivity index is 0.000000612. The summed E-state index contributed by atoms with van der Waals surface area (Å²) in [4.78, 5) is 47.8. The van der Waals surface area contributed by atoms with E-state index < -0.39 is 11.9 Å². The topological polar surface area (TPSA) is 154 Å². The maximum absolute atomic E-state index is 12.1. The Labute approximate surface area is 169 Å². The molecular weight excluding hydrogens is 382 g/mol. The summed E-state index contributed by atoms with van der Waals surface area (Å²) in [6.07, 6.45) is 3.81. The monoisotopic (exact) mass is 411 g/mol. The number of nitrogens with zero attached hydrogens (tertiary/aromatic N) is 4. The number of amides is 3. The van der Waals surface area contributed by atoms with Crippen molar-refractivity contribution in [1.29, 1.82) is 5.26 Å². The van der Waals surface area contributed by atoms with Crippen LogP contribution >= 0.6 is 0 Å². The van der Waals surface area contributed by atoms with E-state index in [2.05, 4.69) is 18.3 Å². The third kappa shape index (κ3) is 7.95. The van der Waals surface area contributed by atoms with Gasteiger partial charge >= 0.3 is 18.0 Å². The molecule has 0 aliphatic carbocycles. The molecule has 0 aromatic carbocycles. The van der Waals surface area contributed by atoms with Crippen molar-refractivity contribution in [2.75, 3.05) is 45.8 Å². The summed E-state index contributed by atoms with van der Waals surface area (Å²) in [5.41, 5.74) is 0. The van der Waals surface area contributed by atoms with Gasteiger partial charge in [0.05, 0.1) is 12.6 Å². The van der Waals surface area contributed by atoms with Crippen LogP contribution in [0.25, 0.3) is 0 Å². The van der Waals surface area contributed by atoms with Crippen LogP contribution in [-0.4, -0.2) is 101 Å². The van der Waals surface area contributed by atoms with Crippen LogP contribution in [0.3, 0.4) is 0 Å². The molecule has 11 heteroatoms. The quantitative estimate of drug-likeness (QED) is 0.366. The van der Waals surface area contributed by atoms with Gasteiger partial charge in [0.1, 0.15) is 6.04 Å². The van der Waals surface area contributed by atoms with Crippen molar-refractivity contribution in [3.8, 4) is 6.07 Å². The average Bonchev–Trinajstić information content (AvgIpc) is 3.30. The number of aliphatic carboxylic acids is 2. The number of unbranched alkanes of at least 4 members (excludes halogenated alkanes) is 1. The van der Waals surface area contributed by atoms with Gasteiger partial charge in [0.15, 0.2) is 0 Å². The highest BCUT2D eigenvalue weighted by molar-refractivity contribution is 6.27. The summed E-state index contributed by atoms with van der Waals surface area (Å²) in [5, 5.41) is 26.9. The van der Waals surface area contributed by atoms with E-state index in [1.807, 2.05) is 9.80 Å². The zero-order valence-corrected chi connectivity index (χ0v) is 16.7. The molecule has 0 spiro atoms. The van der Waals surface area contributed by atoms with E-state index in [0.717, 1.165) is 45.3 Å². The minimum Gasteiger partial charge on any atom is -0.473 e. The second-order valence-electron chi connectivity index (χ2n) is 6.77. The third-order valence-electron chi connectivity index (χ3n) is 4.70. The van der Waals surface area contributed by atoms with Crippen LogP contribution < -0.4 is 5.32 Å². The number of carboxylic acids is 2. The lowest BCUT2D eigenvalue weighted by molar-refractivity contribution is -0.159. The van der Waals surface area contributed by atoms with Crippen molar-refractivity contribution in [3.05, 3.63) is 0 Å². The highest BCUT2D eigenvalue weighted by Crippen LogP contribution is 2.16. The molecule has 2 heterocycles. The molecule has 0 saturated carbocycles. The molecule has 1 unspecified atom stereocenters. The lowest BCUT2D eigenvalue weighted by Crippen LogP contribution is -2.43. The van der Waals surface area contributed by atoms with Gasteiger partial charge in [-0.1, -0.05) is 13.3 Å². The van der Waals surface area contributed by atoms with E-state index in [1.54, 1.807) is 4.90 Å². The van der Waals surface area contributed by atoms with Crippen molar-refractivity contribution in [2.45, 2.75) is 38.6 Å². The van der Waals surface area contributed by atoms with Crippen molar-refractivity contribution >= 4 is 23.9 Å². The molecule has 2 aliphatic heterocycles. The van der Waals surface area contributed by atoms with Crippen molar-refractivity contribution in [1.82, 2.24) is 20.0 Å². The number of likely N-dealkylation sites (tertiary alicyclic amines) is 1. The van der Waals surface area contributed by atoms with Gasteiger partial charge in [0, 0.05) is 39.3 Å². The maximum Gasteiger partial charge on any atom is 0.414 e. The van der Waals surface area contributed by atoms with Gasteiger partial charge in [0.25, 0.3) is 0 Å². The highest BCUT2D eigenvalue weighted by atomic mass is 16.4. The van der Waals surface area contributed by atoms with E-state index in [9.17, 15) is 9.59 Å². The second kappa shape index (κ2) is 12.6. The van der Waals surface area contributed by atoms with Gasteiger partial charge in [-0.25, -0.2) is 14.4 Å². The summed E-state index contributed by atoms with van der Waals surface area (Å²) in [7, 11) is 0. The number of rotatable bonds is 8. The fraction of sp³-hybridized carbons (Fsp3) is 0.722. The largest absolute Gasteiger partial charge is 0.473 e. The van der Waals surface area contributed by atoms with E-state index in [1.165, 1.54) is 0 Å². The Bertz CT molecular complexity index is 623. The molecular formula is C18H29N5O6. The number of carbonyl (C=O) groups is 4. The zero-order valence-electron chi connectivity index (χ0n) is 16.7. The molecule has 0 aromatic rings. The Morgan fingerprint density at radius 1 is 1.14 bits per heavy atom. The first-order valence-electron chi connectivity index (χ1n) is 9.71. The summed E-state index contributed by atoms with van der Waals surface area (Å²) in [6, 6.07) is 2.02. The first-order valence-corrected chi connectivity index (χ1v) is 9.71. The van der Waals surface area contributed by atoms with Crippen molar-refractivity contribution in [3.63, 3.8) is 0 Å². The molecule has 3 amide bonds. The van der Waals surface area contributed by atoms with Crippen LogP contribution in [0.2, 0.25) is 0 Å². The first kappa shape index (κ1) is 24.2. The van der Waals surface area contributed by atoms with Crippen molar-refractivity contribution in [2.24, 2.45) is 0 Å². The van der Waals surface area contributed by atoms with Crippen LogP contribution in [0.1, 0.15) is 32.6 Å². The Morgan fingerprint density at radius 3 is 2.31 bits per heavy atom. The Morgan fingerprint density at radius 2 is 1.76 bits per heavy atom. The van der Waals surface area contributed by atoms with Crippen LogP contribution in [-0.2, 0) is 14.4 Å². The van der Waals surface area contributed by atoms with Crippen molar-refractivity contribution < 1.29 is 29.4 Å². The Hall–Kier alpha value is -2.87. The fourth-order valence-electron chi connectivity index (χ4n) is 3.11. The minimum atomic E-state index is -1.82. The molecule has 29 heavy (non-hydrogen) atoms. The standard InChI is InChI=1S/C16H27N5O2.C2H2O4/c1-2-3-7-19-10-11-20(16(19)23)9-6-18-13-15(22)21-8-4-5-14(21)12-17;3-1(4)2(5)6/h14,18H,2-11,13H2,1H3;(H,3,4)(H,5,6). The predicted octanol–water partition coefficient (Wildman–Crippen LogP) is -0.216. The van der Waals surface area contributed by atoms with Gasteiger partial charge in [0.2, 0.25) is 5.91 Å². The molecule has 0 radical (unpaired) electrons. The number of carboxylic acid groups (broad SMARTS) is 2. The van der Waals surface area contributed by atoms with Gasteiger partial charge < -0.3 is 30.2 Å². The molecule has 2 fully saturated rings. The fourth-order valence-corrected chi connectivity index (χ4v) is 3.11. The van der Waals surface area contributed by atoms with Gasteiger partial charge in [-0.2, -0.15) is 5.26 Å². The van der Waals surface area contributed by atoms with E-state index in [4.69, 9.17) is 25.1 Å². The molecule has 162 valence electrons. The number of nitrogens with one attached hydrogen (secondary N) is 1. The molecule has 11 nitrogen and oxygen atoms in total. The summed E-state index contributed by atoms with van der Waals surface area (Å²) in [6.45, 7) is 6.66. The van der Waals surface area contributed by atoms with Crippen LogP contribution in [0.15, 0.2) is 0 Å². The van der Waals surface area contributed by atoms with Crippen LogP contribution in [0.5, 0.6) is 0 Å². The zero-order chi connectivity index (χ0) is 21.8. The molecule has 1 atom stereocenters. The summed E-state index contributed by atoms with van der Waals surface area (Å²) < 4.78 is 0. The van der Waals surface area contributed by atoms with Crippen LogP contribution in [0.4, 0.5) is 4.79 Å². The van der Waals surface area contributed by atoms with Crippen LogP contribution in [0, 0.1) is 11.3 Å². The smallest absolute Gasteiger partial charge is 0.414 e. The van der Waals surface area contributed by atoms with Gasteiger partial charge in [-0.05, 0) is 19.3 Å². The number of nitriles is 1. The predicted molar refractivity (Wildman–Crippen MR) is 102 cm³/mol. The molecule has 0 aromatic heterocycles. The highest BCUT2D eigenvalue weighted by Gasteiger charge is 2.29.